The maximum absolute atomic E-state index is 11.5. The summed E-state index contributed by atoms with van der Waals surface area (Å²) in [6.07, 6.45) is 1.68. The maximum Gasteiger partial charge on any atom is 0.253 e. The van der Waals surface area contributed by atoms with Crippen LogP contribution in [0.5, 0.6) is 0 Å². The number of carbonyl (C=O) groups excluding carboxylic acids is 1. The molecule has 0 bridgehead atoms. The Morgan fingerprint density at radius 3 is 1.88 bits per heavy atom. The molecule has 0 aliphatic carbocycles. The summed E-state index contributed by atoms with van der Waals surface area (Å²) in [6, 6.07) is 0. The van der Waals surface area contributed by atoms with Crippen LogP contribution in [0.4, 0.5) is 0 Å². The minimum absolute atomic E-state index is 0.197. The van der Waals surface area contributed by atoms with Gasteiger partial charge in [-0.05, 0) is 19.9 Å². The predicted molar refractivity (Wildman–Crippen MR) is 75.4 cm³/mol. The van der Waals surface area contributed by atoms with Gasteiger partial charge in [-0.25, -0.2) is 0 Å². The van der Waals surface area contributed by atoms with Crippen LogP contribution in [0, 0.1) is 0 Å². The Hall–Kier alpha value is -1.77. The summed E-state index contributed by atoms with van der Waals surface area (Å²) >= 11 is 0. The lowest BCUT2D eigenvalue weighted by molar-refractivity contribution is -0.116. The zero-order chi connectivity index (χ0) is 14.0. The first kappa shape index (κ1) is 17.6. The molecule has 0 fully saturated rings. The Kier molecular flexibility index (Phi) is 9.80. The number of carbonyl (C=O) groups is 1. The first-order chi connectivity index (χ1) is 7.88. The third-order valence-electron chi connectivity index (χ3n) is 1.55. The zero-order valence-corrected chi connectivity index (χ0v) is 11.6. The van der Waals surface area contributed by atoms with E-state index in [0.717, 1.165) is 11.3 Å². The summed E-state index contributed by atoms with van der Waals surface area (Å²) < 4.78 is 0. The zero-order valence-electron chi connectivity index (χ0n) is 11.6. The van der Waals surface area contributed by atoms with Crippen molar-refractivity contribution in [2.75, 3.05) is 7.05 Å². The van der Waals surface area contributed by atoms with Crippen molar-refractivity contribution in [1.82, 2.24) is 10.6 Å². The Morgan fingerprint density at radius 1 is 1.12 bits per heavy atom. The highest BCUT2D eigenvalue weighted by atomic mass is 16.1. The molecule has 1 amide bonds. The van der Waals surface area contributed by atoms with Crippen LogP contribution in [0.2, 0.25) is 0 Å². The minimum Gasteiger partial charge on any atom is -0.360 e. The van der Waals surface area contributed by atoms with Gasteiger partial charge in [-0.1, -0.05) is 39.2 Å². The lowest BCUT2D eigenvalue weighted by Gasteiger charge is -2.12. The molecular formula is C14H24N2O. The Balaban J connectivity index is 0. The topological polar surface area (TPSA) is 41.1 Å². The van der Waals surface area contributed by atoms with Crippen LogP contribution < -0.4 is 10.6 Å². The fourth-order valence-corrected chi connectivity index (χ4v) is 0.996. The second-order valence-corrected chi connectivity index (χ2v) is 3.37. The number of nitrogens with one attached hydrogen (secondary N) is 2. The molecule has 17 heavy (non-hydrogen) atoms. The number of allylic oxidation sites excluding steroid dienone is 3. The molecule has 0 spiro atoms. The van der Waals surface area contributed by atoms with E-state index in [2.05, 4.69) is 30.4 Å². The first-order valence-electron chi connectivity index (χ1n) is 5.59. The summed E-state index contributed by atoms with van der Waals surface area (Å²) in [6.45, 7) is 18.8. The minimum atomic E-state index is -0.197. The van der Waals surface area contributed by atoms with Crippen molar-refractivity contribution in [3.05, 3.63) is 48.4 Å². The standard InChI is InChI=1S/C12H18N2O.C2H6/c1-8(2)7-11(12(15)13-6)10(5)14-9(3)4;1-2/h7,14H,1,3,5H2,2,4,6H3,(H,13,15);1-2H3/b11-7+;. The van der Waals surface area contributed by atoms with Crippen molar-refractivity contribution >= 4 is 5.91 Å². The average Bonchev–Trinajstić information content (AvgIpc) is 2.26. The van der Waals surface area contributed by atoms with Crippen molar-refractivity contribution in [2.24, 2.45) is 0 Å². The van der Waals surface area contributed by atoms with Gasteiger partial charge in [-0.3, -0.25) is 4.79 Å². The SMILES string of the molecule is C=C(C)/C=C(\C(=C)NC(=C)C)C(=O)NC.CC. The molecule has 0 aromatic carbocycles. The highest BCUT2D eigenvalue weighted by Gasteiger charge is 2.10. The van der Waals surface area contributed by atoms with Gasteiger partial charge in [0.25, 0.3) is 5.91 Å². The van der Waals surface area contributed by atoms with Gasteiger partial charge in [0.2, 0.25) is 0 Å². The van der Waals surface area contributed by atoms with Gasteiger partial charge in [0.05, 0.1) is 5.57 Å². The molecule has 0 rings (SSSR count). The van der Waals surface area contributed by atoms with Crippen LogP contribution in [0.15, 0.2) is 48.4 Å². The lowest BCUT2D eigenvalue weighted by Crippen LogP contribution is -2.25. The Bertz CT molecular complexity index is 338. The van der Waals surface area contributed by atoms with E-state index in [4.69, 9.17) is 0 Å². The molecule has 0 unspecified atom stereocenters. The van der Waals surface area contributed by atoms with E-state index in [1.54, 1.807) is 20.0 Å². The maximum atomic E-state index is 11.5. The Morgan fingerprint density at radius 2 is 1.59 bits per heavy atom. The van der Waals surface area contributed by atoms with Gasteiger partial charge in [0.15, 0.2) is 0 Å². The van der Waals surface area contributed by atoms with Gasteiger partial charge < -0.3 is 10.6 Å². The summed E-state index contributed by atoms with van der Waals surface area (Å²) in [4.78, 5) is 11.5. The van der Waals surface area contributed by atoms with E-state index in [0.29, 0.717) is 11.3 Å². The van der Waals surface area contributed by atoms with Crippen LogP contribution in [-0.4, -0.2) is 13.0 Å². The van der Waals surface area contributed by atoms with E-state index < -0.39 is 0 Å². The lowest BCUT2D eigenvalue weighted by atomic mass is 10.1. The first-order valence-corrected chi connectivity index (χ1v) is 5.59. The van der Waals surface area contributed by atoms with Crippen LogP contribution in [0.3, 0.4) is 0 Å². The molecule has 0 radical (unpaired) electrons. The second-order valence-electron chi connectivity index (χ2n) is 3.37. The summed E-state index contributed by atoms with van der Waals surface area (Å²) in [5.41, 5.74) is 2.51. The smallest absolute Gasteiger partial charge is 0.253 e. The highest BCUT2D eigenvalue weighted by Crippen LogP contribution is 2.09. The number of likely N-dealkylation sites (N-methyl/N-ethyl adjacent to an activating group) is 1. The van der Waals surface area contributed by atoms with Crippen molar-refractivity contribution < 1.29 is 4.79 Å². The van der Waals surface area contributed by atoms with E-state index in [1.807, 2.05) is 20.8 Å². The number of hydrogen-bond donors (Lipinski definition) is 2. The summed E-state index contributed by atoms with van der Waals surface area (Å²) in [5, 5.41) is 5.45. The number of amides is 1. The fraction of sp³-hybridized carbons (Fsp3) is 0.357. The highest BCUT2D eigenvalue weighted by molar-refractivity contribution is 5.97. The van der Waals surface area contributed by atoms with Crippen LogP contribution in [0.1, 0.15) is 27.7 Å². The third kappa shape index (κ3) is 8.08. The molecule has 2 N–H and O–H groups in total. The third-order valence-corrected chi connectivity index (χ3v) is 1.55. The summed E-state index contributed by atoms with van der Waals surface area (Å²) in [7, 11) is 1.57. The quantitative estimate of drug-likeness (QED) is 0.569. The fourth-order valence-electron chi connectivity index (χ4n) is 0.996. The molecule has 0 aliphatic rings. The van der Waals surface area contributed by atoms with Gasteiger partial charge >= 0.3 is 0 Å². The summed E-state index contributed by atoms with van der Waals surface area (Å²) in [5.74, 6) is -0.197. The number of rotatable bonds is 5. The molecule has 0 saturated carbocycles. The van der Waals surface area contributed by atoms with Gasteiger partial charge in [-0.2, -0.15) is 0 Å². The molecule has 0 atom stereocenters. The molecule has 3 heteroatoms. The van der Waals surface area contributed by atoms with Crippen LogP contribution >= 0.6 is 0 Å². The molecule has 0 heterocycles. The van der Waals surface area contributed by atoms with Gasteiger partial charge in [0.1, 0.15) is 0 Å². The monoisotopic (exact) mass is 236 g/mol. The normalized spacial score (nSPS) is 9.59. The molecule has 0 saturated heterocycles. The predicted octanol–water partition coefficient (Wildman–Crippen LogP) is 2.90. The van der Waals surface area contributed by atoms with Gasteiger partial charge in [0, 0.05) is 18.4 Å². The molecule has 0 aromatic heterocycles. The average molecular weight is 236 g/mol. The molecule has 0 aliphatic heterocycles. The van der Waals surface area contributed by atoms with Crippen LogP contribution in [-0.2, 0) is 4.79 Å². The van der Waals surface area contributed by atoms with Crippen LogP contribution in [0.25, 0.3) is 0 Å². The van der Waals surface area contributed by atoms with E-state index in [1.165, 1.54) is 0 Å². The van der Waals surface area contributed by atoms with Crippen molar-refractivity contribution in [1.29, 1.82) is 0 Å². The second kappa shape index (κ2) is 9.46. The number of hydrogen-bond acceptors (Lipinski definition) is 2. The van der Waals surface area contributed by atoms with E-state index in [-0.39, 0.29) is 5.91 Å². The van der Waals surface area contributed by atoms with Crippen molar-refractivity contribution in [3.8, 4) is 0 Å². The molecular weight excluding hydrogens is 212 g/mol. The largest absolute Gasteiger partial charge is 0.360 e. The molecule has 0 aromatic rings. The Labute approximate surface area is 105 Å². The molecule has 96 valence electrons. The van der Waals surface area contributed by atoms with Gasteiger partial charge in [-0.15, -0.1) is 0 Å². The van der Waals surface area contributed by atoms with E-state index in [9.17, 15) is 4.79 Å². The van der Waals surface area contributed by atoms with Crippen molar-refractivity contribution in [2.45, 2.75) is 27.7 Å². The van der Waals surface area contributed by atoms with E-state index >= 15 is 0 Å². The molecule has 3 nitrogen and oxygen atoms in total. The van der Waals surface area contributed by atoms with Crippen molar-refractivity contribution in [3.63, 3.8) is 0 Å².